The van der Waals surface area contributed by atoms with Crippen LogP contribution in [0.15, 0.2) is 22.7 Å². The third kappa shape index (κ3) is 3.78. The van der Waals surface area contributed by atoms with Crippen molar-refractivity contribution in [2.75, 3.05) is 18.3 Å². The molecule has 0 spiro atoms. The molecule has 2 N–H and O–H groups in total. The number of hydrogen-bond donors (Lipinski definition) is 2. The number of anilines is 1. The molecule has 0 saturated heterocycles. The van der Waals surface area contributed by atoms with Crippen LogP contribution in [0.2, 0.25) is 0 Å². The summed E-state index contributed by atoms with van der Waals surface area (Å²) in [6, 6.07) is 0. The summed E-state index contributed by atoms with van der Waals surface area (Å²) in [5.41, 5.74) is 0.787. The summed E-state index contributed by atoms with van der Waals surface area (Å²) in [6.07, 6.45) is 3.76. The van der Waals surface area contributed by atoms with E-state index in [9.17, 15) is 8.42 Å². The van der Waals surface area contributed by atoms with Crippen molar-refractivity contribution in [1.82, 2.24) is 20.1 Å². The highest BCUT2D eigenvalue weighted by Gasteiger charge is 2.18. The predicted octanol–water partition coefficient (Wildman–Crippen LogP) is 1.06. The lowest BCUT2D eigenvalue weighted by Crippen LogP contribution is -2.13. The first-order valence-corrected chi connectivity index (χ1v) is 8.49. The van der Waals surface area contributed by atoms with Gasteiger partial charge in [-0.05, 0) is 26.9 Å². The lowest BCUT2D eigenvalue weighted by atomic mass is 10.4. The highest BCUT2D eigenvalue weighted by Crippen LogP contribution is 2.19. The van der Waals surface area contributed by atoms with E-state index in [1.54, 1.807) is 10.1 Å². The van der Waals surface area contributed by atoms with Gasteiger partial charge in [0, 0.05) is 18.1 Å². The Bertz CT molecular complexity index is 662. The number of aromatic nitrogens is 3. The fourth-order valence-electron chi connectivity index (χ4n) is 1.60. The van der Waals surface area contributed by atoms with Gasteiger partial charge in [0.15, 0.2) is 5.13 Å². The largest absolute Gasteiger partial charge is 0.320 e. The van der Waals surface area contributed by atoms with Gasteiger partial charge in [-0.15, -0.1) is 11.3 Å². The molecule has 0 fully saturated rings. The topological polar surface area (TPSA) is 88.9 Å². The predicted molar refractivity (Wildman–Crippen MR) is 78.4 cm³/mol. The van der Waals surface area contributed by atoms with Crippen molar-refractivity contribution in [1.29, 1.82) is 0 Å². The Morgan fingerprint density at radius 2 is 2.25 bits per heavy atom. The highest BCUT2D eigenvalue weighted by atomic mass is 32.2. The molecule has 0 aliphatic rings. The third-order valence-electron chi connectivity index (χ3n) is 2.57. The molecule has 2 aromatic heterocycles. The summed E-state index contributed by atoms with van der Waals surface area (Å²) >= 11 is 1.26. The van der Waals surface area contributed by atoms with Gasteiger partial charge in [0.25, 0.3) is 10.0 Å². The highest BCUT2D eigenvalue weighted by molar-refractivity contribution is 7.93. The Balaban J connectivity index is 2.06. The van der Waals surface area contributed by atoms with Crippen LogP contribution < -0.4 is 10.0 Å². The second-order valence-corrected chi connectivity index (χ2v) is 6.84. The van der Waals surface area contributed by atoms with Crippen molar-refractivity contribution in [2.45, 2.75) is 24.8 Å². The van der Waals surface area contributed by atoms with Crippen molar-refractivity contribution >= 4 is 26.5 Å². The number of aryl methyl sites for hydroxylation is 2. The zero-order valence-corrected chi connectivity index (χ0v) is 13.0. The average molecular weight is 315 g/mol. The molecule has 0 aliphatic heterocycles. The molecule has 110 valence electrons. The summed E-state index contributed by atoms with van der Waals surface area (Å²) in [5.74, 6) is 0. The number of nitrogens with one attached hydrogen (secondary N) is 2. The molecule has 0 amide bonds. The van der Waals surface area contributed by atoms with E-state index in [-0.39, 0.29) is 4.90 Å². The SMILES string of the molecule is CNCCCn1cc(S(=O)(=O)Nc2nc(C)cs2)cn1. The van der Waals surface area contributed by atoms with Crippen LogP contribution in [0.1, 0.15) is 12.1 Å². The van der Waals surface area contributed by atoms with E-state index in [2.05, 4.69) is 20.1 Å². The summed E-state index contributed by atoms with van der Waals surface area (Å²) in [4.78, 5) is 4.23. The fourth-order valence-corrected chi connectivity index (χ4v) is 3.49. The molecule has 0 aliphatic carbocycles. The lowest BCUT2D eigenvalue weighted by Gasteiger charge is -2.02. The van der Waals surface area contributed by atoms with Crippen LogP contribution in [-0.2, 0) is 16.6 Å². The van der Waals surface area contributed by atoms with E-state index in [1.807, 2.05) is 14.0 Å². The molecule has 0 bridgehead atoms. The summed E-state index contributed by atoms with van der Waals surface area (Å²) in [5, 5.41) is 9.24. The molecule has 0 aromatic carbocycles. The van der Waals surface area contributed by atoms with Crippen LogP contribution in [0.4, 0.5) is 5.13 Å². The molecule has 0 radical (unpaired) electrons. The zero-order valence-electron chi connectivity index (χ0n) is 11.3. The van der Waals surface area contributed by atoms with Crippen LogP contribution in [0, 0.1) is 6.92 Å². The normalized spacial score (nSPS) is 11.7. The van der Waals surface area contributed by atoms with E-state index < -0.39 is 10.0 Å². The summed E-state index contributed by atoms with van der Waals surface area (Å²) < 4.78 is 28.4. The Hall–Kier alpha value is -1.45. The van der Waals surface area contributed by atoms with E-state index in [4.69, 9.17) is 0 Å². The smallest absolute Gasteiger partial charge is 0.266 e. The van der Waals surface area contributed by atoms with E-state index in [0.717, 1.165) is 18.7 Å². The minimum Gasteiger partial charge on any atom is -0.320 e. The maximum Gasteiger partial charge on any atom is 0.266 e. The standard InChI is InChI=1S/C11H17N5O2S2/c1-9-8-19-11(14-9)15-20(17,18)10-6-13-16(7-10)5-3-4-12-2/h6-8,12H,3-5H2,1-2H3,(H,14,15). The van der Waals surface area contributed by atoms with Gasteiger partial charge < -0.3 is 5.32 Å². The maximum absolute atomic E-state index is 12.1. The Morgan fingerprint density at radius 3 is 2.90 bits per heavy atom. The van der Waals surface area contributed by atoms with Crippen LogP contribution in [0.25, 0.3) is 0 Å². The van der Waals surface area contributed by atoms with Crippen LogP contribution >= 0.6 is 11.3 Å². The van der Waals surface area contributed by atoms with Gasteiger partial charge in [-0.3, -0.25) is 9.40 Å². The molecular weight excluding hydrogens is 298 g/mol. The van der Waals surface area contributed by atoms with Crippen LogP contribution in [0.5, 0.6) is 0 Å². The number of sulfonamides is 1. The van der Waals surface area contributed by atoms with Gasteiger partial charge in [0.05, 0.1) is 11.9 Å². The first-order chi connectivity index (χ1) is 9.51. The Morgan fingerprint density at radius 1 is 1.45 bits per heavy atom. The minimum absolute atomic E-state index is 0.148. The second kappa shape index (κ2) is 6.33. The third-order valence-corrected chi connectivity index (χ3v) is 4.87. The van der Waals surface area contributed by atoms with Gasteiger partial charge in [-0.25, -0.2) is 13.4 Å². The quantitative estimate of drug-likeness (QED) is 0.746. The molecule has 20 heavy (non-hydrogen) atoms. The molecule has 7 nitrogen and oxygen atoms in total. The monoisotopic (exact) mass is 315 g/mol. The van der Waals surface area contributed by atoms with Crippen molar-refractivity contribution in [3.63, 3.8) is 0 Å². The number of thiazole rings is 1. The number of nitrogens with zero attached hydrogens (tertiary/aromatic N) is 3. The fraction of sp³-hybridized carbons (Fsp3) is 0.455. The molecule has 9 heteroatoms. The molecule has 2 rings (SSSR count). The lowest BCUT2D eigenvalue weighted by molar-refractivity contribution is 0.561. The van der Waals surface area contributed by atoms with Crippen LogP contribution in [0.3, 0.4) is 0 Å². The van der Waals surface area contributed by atoms with Crippen molar-refractivity contribution in [2.24, 2.45) is 0 Å². The summed E-state index contributed by atoms with van der Waals surface area (Å²) in [7, 11) is -1.74. The van der Waals surface area contributed by atoms with E-state index in [1.165, 1.54) is 23.7 Å². The van der Waals surface area contributed by atoms with Crippen LogP contribution in [-0.4, -0.2) is 36.8 Å². The van der Waals surface area contributed by atoms with Crippen molar-refractivity contribution in [3.8, 4) is 0 Å². The van der Waals surface area contributed by atoms with Crippen molar-refractivity contribution in [3.05, 3.63) is 23.5 Å². The van der Waals surface area contributed by atoms with Gasteiger partial charge in [0.2, 0.25) is 0 Å². The molecule has 2 heterocycles. The zero-order chi connectivity index (χ0) is 14.6. The van der Waals surface area contributed by atoms with Gasteiger partial charge in [-0.1, -0.05) is 0 Å². The van der Waals surface area contributed by atoms with Crippen molar-refractivity contribution < 1.29 is 8.42 Å². The molecular formula is C11H17N5O2S2. The van der Waals surface area contributed by atoms with E-state index in [0.29, 0.717) is 11.7 Å². The molecule has 2 aromatic rings. The molecule has 0 saturated carbocycles. The van der Waals surface area contributed by atoms with Gasteiger partial charge >= 0.3 is 0 Å². The van der Waals surface area contributed by atoms with Gasteiger partial charge in [-0.2, -0.15) is 5.10 Å². The molecule has 0 unspecified atom stereocenters. The minimum atomic E-state index is -3.61. The average Bonchev–Trinajstić information content (AvgIpc) is 2.99. The molecule has 0 atom stereocenters. The Labute approximate surface area is 122 Å². The number of hydrogen-bond acceptors (Lipinski definition) is 6. The summed E-state index contributed by atoms with van der Waals surface area (Å²) in [6.45, 7) is 3.35. The number of rotatable bonds is 7. The maximum atomic E-state index is 12.1. The second-order valence-electron chi connectivity index (χ2n) is 4.30. The first-order valence-electron chi connectivity index (χ1n) is 6.13. The Kier molecular flexibility index (Phi) is 4.73. The van der Waals surface area contributed by atoms with E-state index >= 15 is 0 Å². The first kappa shape index (κ1) is 14.9. The van der Waals surface area contributed by atoms with Gasteiger partial charge in [0.1, 0.15) is 4.90 Å².